The van der Waals surface area contributed by atoms with Crippen LogP contribution in [0.25, 0.3) is 0 Å². The fourth-order valence-corrected chi connectivity index (χ4v) is 2.47. The number of alkyl halides is 1. The predicted octanol–water partition coefficient (Wildman–Crippen LogP) is 2.03. The lowest BCUT2D eigenvalue weighted by Gasteiger charge is -2.19. The molecule has 0 spiro atoms. The van der Waals surface area contributed by atoms with E-state index in [2.05, 4.69) is 9.88 Å². The van der Waals surface area contributed by atoms with Gasteiger partial charge in [0.2, 0.25) is 0 Å². The van der Waals surface area contributed by atoms with Crippen LogP contribution in [-0.4, -0.2) is 29.8 Å². The van der Waals surface area contributed by atoms with Gasteiger partial charge in [0.05, 0.1) is 5.88 Å². The molecule has 0 bridgehead atoms. The van der Waals surface area contributed by atoms with Gasteiger partial charge in [-0.1, -0.05) is 6.07 Å². The van der Waals surface area contributed by atoms with E-state index in [9.17, 15) is 0 Å². The van der Waals surface area contributed by atoms with Gasteiger partial charge in [0, 0.05) is 31.5 Å². The van der Waals surface area contributed by atoms with Gasteiger partial charge in [0.15, 0.2) is 0 Å². The van der Waals surface area contributed by atoms with Gasteiger partial charge < -0.3 is 10.0 Å². The minimum absolute atomic E-state index is 0.281. The first-order valence-corrected chi connectivity index (χ1v) is 6.24. The van der Waals surface area contributed by atoms with Crippen molar-refractivity contribution in [1.29, 1.82) is 0 Å². The number of anilines is 1. The fraction of sp³-hybridized carbons (Fsp3) is 0.583. The summed E-state index contributed by atoms with van der Waals surface area (Å²) in [4.78, 5) is 6.68. The first-order chi connectivity index (χ1) is 7.85. The molecule has 0 aromatic carbocycles. The zero-order valence-corrected chi connectivity index (χ0v) is 10.0. The Morgan fingerprint density at radius 3 is 3.19 bits per heavy atom. The van der Waals surface area contributed by atoms with Crippen LogP contribution in [-0.2, 0) is 5.88 Å². The highest BCUT2D eigenvalue weighted by atomic mass is 35.5. The fourth-order valence-electron chi connectivity index (χ4n) is 2.26. The normalized spacial score (nSPS) is 20.4. The maximum absolute atomic E-state index is 8.93. The summed E-state index contributed by atoms with van der Waals surface area (Å²) in [6.45, 7) is 2.29. The lowest BCUT2D eigenvalue weighted by Crippen LogP contribution is -2.22. The molecule has 1 fully saturated rings. The van der Waals surface area contributed by atoms with Crippen LogP contribution in [0.5, 0.6) is 0 Å². The first-order valence-electron chi connectivity index (χ1n) is 5.70. The van der Waals surface area contributed by atoms with E-state index in [4.69, 9.17) is 16.7 Å². The standard InChI is InChI=1S/C12H17ClN2O/c13-8-11-2-1-5-14-12(11)15-6-3-10(9-15)4-7-16/h1-2,5,10,16H,3-4,6-9H2. The molecule has 2 rings (SSSR count). The van der Waals surface area contributed by atoms with E-state index in [0.717, 1.165) is 37.3 Å². The van der Waals surface area contributed by atoms with Crippen LogP contribution < -0.4 is 4.90 Å². The SMILES string of the molecule is OCCC1CCN(c2ncccc2CCl)C1. The van der Waals surface area contributed by atoms with Crippen LogP contribution in [0.2, 0.25) is 0 Å². The number of aromatic nitrogens is 1. The number of halogens is 1. The summed E-state index contributed by atoms with van der Waals surface area (Å²) in [5.41, 5.74) is 1.09. The monoisotopic (exact) mass is 240 g/mol. The number of hydrogen-bond donors (Lipinski definition) is 1. The topological polar surface area (TPSA) is 36.4 Å². The van der Waals surface area contributed by atoms with Crippen molar-refractivity contribution < 1.29 is 5.11 Å². The van der Waals surface area contributed by atoms with Crippen LogP contribution in [0.15, 0.2) is 18.3 Å². The zero-order valence-electron chi connectivity index (χ0n) is 9.27. The van der Waals surface area contributed by atoms with E-state index in [1.165, 1.54) is 0 Å². The molecule has 2 heterocycles. The summed E-state index contributed by atoms with van der Waals surface area (Å²) in [7, 11) is 0. The van der Waals surface area contributed by atoms with Crippen molar-refractivity contribution in [2.24, 2.45) is 5.92 Å². The molecule has 1 aliphatic rings. The molecule has 1 saturated heterocycles. The van der Waals surface area contributed by atoms with Gasteiger partial charge >= 0.3 is 0 Å². The Labute approximate surface area is 101 Å². The molecule has 1 N–H and O–H groups in total. The quantitative estimate of drug-likeness (QED) is 0.819. The summed E-state index contributed by atoms with van der Waals surface area (Å²) in [6, 6.07) is 3.94. The second kappa shape index (κ2) is 5.51. The minimum Gasteiger partial charge on any atom is -0.396 e. The van der Waals surface area contributed by atoms with Crippen molar-refractivity contribution in [2.45, 2.75) is 18.7 Å². The molecule has 1 aliphatic heterocycles. The van der Waals surface area contributed by atoms with Crippen molar-refractivity contribution in [3.05, 3.63) is 23.9 Å². The molecule has 1 aromatic heterocycles. The molecule has 88 valence electrons. The van der Waals surface area contributed by atoms with Crippen molar-refractivity contribution in [3.8, 4) is 0 Å². The van der Waals surface area contributed by atoms with E-state index in [-0.39, 0.29) is 6.61 Å². The lowest BCUT2D eigenvalue weighted by atomic mass is 10.1. The van der Waals surface area contributed by atoms with Crippen LogP contribution >= 0.6 is 11.6 Å². The number of rotatable bonds is 4. The summed E-state index contributed by atoms with van der Waals surface area (Å²) < 4.78 is 0. The average molecular weight is 241 g/mol. The van der Waals surface area contributed by atoms with E-state index in [0.29, 0.717) is 11.8 Å². The molecule has 0 amide bonds. The highest BCUT2D eigenvalue weighted by Crippen LogP contribution is 2.27. The van der Waals surface area contributed by atoms with Crippen molar-refractivity contribution in [2.75, 3.05) is 24.6 Å². The Balaban J connectivity index is 2.08. The van der Waals surface area contributed by atoms with Gasteiger partial charge in [-0.2, -0.15) is 0 Å². The molecule has 3 nitrogen and oxygen atoms in total. The molecule has 1 atom stereocenters. The van der Waals surface area contributed by atoms with E-state index in [1.807, 2.05) is 18.3 Å². The van der Waals surface area contributed by atoms with Gasteiger partial charge in [-0.05, 0) is 24.8 Å². The Morgan fingerprint density at radius 1 is 1.56 bits per heavy atom. The summed E-state index contributed by atoms with van der Waals surface area (Å²) in [5.74, 6) is 2.11. The van der Waals surface area contributed by atoms with Crippen LogP contribution in [0, 0.1) is 5.92 Å². The zero-order chi connectivity index (χ0) is 11.4. The Kier molecular flexibility index (Phi) is 4.02. The van der Waals surface area contributed by atoms with Crippen LogP contribution in [0.3, 0.4) is 0 Å². The second-order valence-electron chi connectivity index (χ2n) is 4.23. The van der Waals surface area contributed by atoms with Gasteiger partial charge in [-0.3, -0.25) is 0 Å². The Hall–Kier alpha value is -0.800. The summed E-state index contributed by atoms with van der Waals surface area (Å²) in [5, 5.41) is 8.93. The molecular formula is C12H17ClN2O. The maximum atomic E-state index is 8.93. The molecule has 1 aromatic rings. The van der Waals surface area contributed by atoms with Gasteiger partial charge in [-0.25, -0.2) is 4.98 Å². The van der Waals surface area contributed by atoms with Crippen LogP contribution in [0.1, 0.15) is 18.4 Å². The third-order valence-electron chi connectivity index (χ3n) is 3.13. The smallest absolute Gasteiger partial charge is 0.132 e. The molecule has 0 radical (unpaired) electrons. The van der Waals surface area contributed by atoms with Crippen molar-refractivity contribution in [3.63, 3.8) is 0 Å². The van der Waals surface area contributed by atoms with Crippen molar-refractivity contribution in [1.82, 2.24) is 4.98 Å². The summed E-state index contributed by atoms with van der Waals surface area (Å²) >= 11 is 5.90. The predicted molar refractivity (Wildman–Crippen MR) is 65.8 cm³/mol. The number of hydrogen-bond acceptors (Lipinski definition) is 3. The first kappa shape index (κ1) is 11.7. The largest absolute Gasteiger partial charge is 0.396 e. The second-order valence-corrected chi connectivity index (χ2v) is 4.50. The third-order valence-corrected chi connectivity index (χ3v) is 3.42. The molecule has 16 heavy (non-hydrogen) atoms. The third kappa shape index (κ3) is 2.47. The number of nitrogens with zero attached hydrogens (tertiary/aromatic N) is 2. The Morgan fingerprint density at radius 2 is 2.44 bits per heavy atom. The minimum atomic E-state index is 0.281. The molecule has 0 saturated carbocycles. The van der Waals surface area contributed by atoms with Crippen LogP contribution in [0.4, 0.5) is 5.82 Å². The summed E-state index contributed by atoms with van der Waals surface area (Å²) in [6.07, 6.45) is 3.84. The molecule has 4 heteroatoms. The average Bonchev–Trinajstić information content (AvgIpc) is 2.78. The molecule has 0 aliphatic carbocycles. The molecule has 1 unspecified atom stereocenters. The highest BCUT2D eigenvalue weighted by molar-refractivity contribution is 6.17. The highest BCUT2D eigenvalue weighted by Gasteiger charge is 2.24. The van der Waals surface area contributed by atoms with Gasteiger partial charge in [0.1, 0.15) is 5.82 Å². The van der Waals surface area contributed by atoms with E-state index in [1.54, 1.807) is 0 Å². The van der Waals surface area contributed by atoms with E-state index >= 15 is 0 Å². The van der Waals surface area contributed by atoms with Gasteiger partial charge in [-0.15, -0.1) is 11.6 Å². The number of aliphatic hydroxyl groups excluding tert-OH is 1. The maximum Gasteiger partial charge on any atom is 0.132 e. The van der Waals surface area contributed by atoms with E-state index < -0.39 is 0 Å². The van der Waals surface area contributed by atoms with Gasteiger partial charge in [0.25, 0.3) is 0 Å². The Bertz CT molecular complexity index is 346. The van der Waals surface area contributed by atoms with Crippen molar-refractivity contribution >= 4 is 17.4 Å². The number of aliphatic hydroxyl groups is 1. The molecular weight excluding hydrogens is 224 g/mol. The lowest BCUT2D eigenvalue weighted by molar-refractivity contribution is 0.263. The number of pyridine rings is 1.